The summed E-state index contributed by atoms with van der Waals surface area (Å²) in [7, 11) is 0. The van der Waals surface area contributed by atoms with Crippen molar-refractivity contribution in [3.8, 4) is 0 Å². The number of Topliss-reactive ketones (excluding diaryl/α,β-unsaturated/α-hetero) is 4. The molecule has 1 N–H and O–H groups in total. The number of fused-ring (bicyclic) bond motifs is 5. The zero-order valence-corrected chi connectivity index (χ0v) is 30.9. The van der Waals surface area contributed by atoms with Crippen LogP contribution in [0.1, 0.15) is 122 Å². The fraction of sp³-hybridized carbons (Fsp3) is 0.707. The molecule has 0 aromatic carbocycles. The van der Waals surface area contributed by atoms with Gasteiger partial charge in [0.05, 0.1) is 18.3 Å². The van der Waals surface area contributed by atoms with Gasteiger partial charge in [0.25, 0.3) is 5.91 Å². The van der Waals surface area contributed by atoms with Gasteiger partial charge in [-0.25, -0.2) is 4.98 Å². The Labute approximate surface area is 302 Å². The van der Waals surface area contributed by atoms with E-state index in [1.54, 1.807) is 4.90 Å². The Balaban J connectivity index is 1.24. The molecule has 1 aliphatic heterocycles. The number of ketones is 4. The first-order valence-electron chi connectivity index (χ1n) is 19.6. The maximum absolute atomic E-state index is 14.9. The van der Waals surface area contributed by atoms with Gasteiger partial charge in [0.2, 0.25) is 11.7 Å². The highest BCUT2D eigenvalue weighted by molar-refractivity contribution is 6.38. The summed E-state index contributed by atoms with van der Waals surface area (Å²) in [4.78, 5) is 93.2. The van der Waals surface area contributed by atoms with Crippen molar-refractivity contribution in [3.63, 3.8) is 0 Å². The Morgan fingerprint density at radius 1 is 0.941 bits per heavy atom. The molecule has 276 valence electrons. The number of rotatable bonds is 16. The predicted octanol–water partition coefficient (Wildman–Crippen LogP) is 5.74. The van der Waals surface area contributed by atoms with Crippen molar-refractivity contribution >= 4 is 34.9 Å². The largest absolute Gasteiger partial charge is 0.341 e. The molecule has 4 fully saturated rings. The van der Waals surface area contributed by atoms with Gasteiger partial charge in [0.1, 0.15) is 5.69 Å². The quantitative estimate of drug-likeness (QED) is 0.170. The second kappa shape index (κ2) is 15.6. The highest BCUT2D eigenvalue weighted by Gasteiger charge is 2.58. The molecule has 2 bridgehead atoms. The number of hydrogen-bond acceptors (Lipinski definition) is 8. The van der Waals surface area contributed by atoms with Crippen LogP contribution in [0.25, 0.3) is 0 Å². The first kappa shape index (κ1) is 37.2. The molecular formula is C41H56N4O6. The Kier molecular flexibility index (Phi) is 11.4. The Hall–Kier alpha value is -3.56. The molecule has 1 aromatic rings. The third kappa shape index (κ3) is 8.25. The summed E-state index contributed by atoms with van der Waals surface area (Å²) in [5.41, 5.74) is -0.478. The molecule has 10 nitrogen and oxygen atoms in total. The minimum Gasteiger partial charge on any atom is -0.341 e. The third-order valence-corrected chi connectivity index (χ3v) is 12.6. The van der Waals surface area contributed by atoms with Gasteiger partial charge < -0.3 is 10.2 Å². The molecule has 10 heteroatoms. The molecule has 1 saturated heterocycles. The summed E-state index contributed by atoms with van der Waals surface area (Å²) < 4.78 is 0. The van der Waals surface area contributed by atoms with Crippen LogP contribution < -0.4 is 5.32 Å². The summed E-state index contributed by atoms with van der Waals surface area (Å²) in [6, 6.07) is -1.46. The molecular weight excluding hydrogens is 644 g/mol. The fourth-order valence-electron chi connectivity index (χ4n) is 9.65. The fourth-order valence-corrected chi connectivity index (χ4v) is 9.65. The molecule has 0 radical (unpaired) electrons. The summed E-state index contributed by atoms with van der Waals surface area (Å²) in [5, 5.41) is 2.98. The van der Waals surface area contributed by atoms with Crippen LogP contribution in [0.2, 0.25) is 0 Å². The van der Waals surface area contributed by atoms with Crippen molar-refractivity contribution in [3.05, 3.63) is 36.4 Å². The number of aromatic nitrogens is 2. The topological polar surface area (TPSA) is 143 Å². The Morgan fingerprint density at radius 3 is 2.31 bits per heavy atom. The van der Waals surface area contributed by atoms with Gasteiger partial charge in [-0.05, 0) is 79.4 Å². The van der Waals surface area contributed by atoms with Crippen LogP contribution in [0, 0.1) is 52.8 Å². The highest BCUT2D eigenvalue weighted by Crippen LogP contribution is 2.55. The summed E-state index contributed by atoms with van der Waals surface area (Å²) >= 11 is 0. The van der Waals surface area contributed by atoms with Gasteiger partial charge in [-0.3, -0.25) is 33.8 Å². The summed E-state index contributed by atoms with van der Waals surface area (Å²) in [6.45, 7) is 8.26. The average molecular weight is 701 g/mol. The number of amides is 2. The molecule has 2 heterocycles. The minimum atomic E-state index is -0.762. The van der Waals surface area contributed by atoms with E-state index in [1.807, 2.05) is 27.7 Å². The zero-order valence-electron chi connectivity index (χ0n) is 30.9. The van der Waals surface area contributed by atoms with E-state index < -0.39 is 41.0 Å². The van der Waals surface area contributed by atoms with Crippen LogP contribution in [-0.4, -0.2) is 68.4 Å². The second-order valence-corrected chi connectivity index (χ2v) is 17.2. The lowest BCUT2D eigenvalue weighted by Crippen LogP contribution is -2.52. The van der Waals surface area contributed by atoms with E-state index in [0.717, 1.165) is 51.4 Å². The molecule has 0 unspecified atom stereocenters. The van der Waals surface area contributed by atoms with E-state index in [4.69, 9.17) is 0 Å². The first-order chi connectivity index (χ1) is 24.4. The molecule has 0 spiro atoms. The third-order valence-electron chi connectivity index (χ3n) is 12.6. The average Bonchev–Trinajstić information content (AvgIpc) is 3.49. The van der Waals surface area contributed by atoms with Crippen LogP contribution in [0.4, 0.5) is 0 Å². The molecule has 4 aliphatic carbocycles. The van der Waals surface area contributed by atoms with E-state index in [0.29, 0.717) is 31.2 Å². The standard InChI is InChI=1S/C41H56N4O6/c1-5-9-28(38(49)34(48)18-24-12-13-24)20-33(47)37-35-27-15-14-26(19-27)29(35)23-45(37)40(51)30(41(2,3)4)21-32(46)36(25-10-7-6-8-11-25)44-39(50)31-22-42-16-17-43-31/h14-17,22,24-30,35-37H,5-13,18-21,23H2,1-4H3,(H,44,50)/t26-,27+,28-,29-,30-,35+,36+,37-/m1/s1. The monoisotopic (exact) mass is 700 g/mol. The molecule has 51 heavy (non-hydrogen) atoms. The zero-order chi connectivity index (χ0) is 36.4. The number of carbonyl (C=O) groups is 6. The van der Waals surface area contributed by atoms with Crippen LogP contribution in [0.3, 0.4) is 0 Å². The molecule has 3 saturated carbocycles. The Bertz CT molecular complexity index is 1520. The van der Waals surface area contributed by atoms with Crippen LogP contribution in [0.15, 0.2) is 30.7 Å². The normalized spacial score (nSPS) is 27.5. The van der Waals surface area contributed by atoms with Crippen molar-refractivity contribution in [1.29, 1.82) is 0 Å². The number of carbonyl (C=O) groups excluding carboxylic acids is 6. The highest BCUT2D eigenvalue weighted by atomic mass is 16.2. The lowest BCUT2D eigenvalue weighted by Gasteiger charge is -2.38. The first-order valence-corrected chi connectivity index (χ1v) is 19.6. The lowest BCUT2D eigenvalue weighted by molar-refractivity contribution is -0.148. The van der Waals surface area contributed by atoms with Gasteiger partial charge in [0.15, 0.2) is 17.3 Å². The van der Waals surface area contributed by atoms with Gasteiger partial charge in [-0.2, -0.15) is 0 Å². The van der Waals surface area contributed by atoms with Crippen molar-refractivity contribution < 1.29 is 28.8 Å². The van der Waals surface area contributed by atoms with Crippen LogP contribution in [0.5, 0.6) is 0 Å². The van der Waals surface area contributed by atoms with Crippen molar-refractivity contribution in [2.45, 2.75) is 123 Å². The van der Waals surface area contributed by atoms with Gasteiger partial charge >= 0.3 is 0 Å². The van der Waals surface area contributed by atoms with E-state index >= 15 is 0 Å². The number of nitrogens with one attached hydrogen (secondary N) is 1. The smallest absolute Gasteiger partial charge is 0.272 e. The number of hydrogen-bond donors (Lipinski definition) is 1. The van der Waals surface area contributed by atoms with Gasteiger partial charge in [-0.15, -0.1) is 0 Å². The Morgan fingerprint density at radius 2 is 1.67 bits per heavy atom. The number of allylic oxidation sites excluding steroid dienone is 2. The van der Waals surface area contributed by atoms with Crippen LogP contribution in [-0.2, 0) is 24.0 Å². The SMILES string of the molecule is CCC[C@H](CC(=O)[C@@H]1[C@@H]2[C@H](CN1C(=O)[C@@H](CC(=O)[C@@H](NC(=O)c1cnccn1)C1CCCCC1)C(C)(C)C)[C@@H]1C=C[C@H]2C1)C(=O)C(=O)CC1CC1. The van der Waals surface area contributed by atoms with Gasteiger partial charge in [0, 0.05) is 50.0 Å². The predicted molar refractivity (Wildman–Crippen MR) is 191 cm³/mol. The summed E-state index contributed by atoms with van der Waals surface area (Å²) in [6.07, 6.45) is 17.6. The molecule has 2 amide bonds. The maximum atomic E-state index is 14.9. The minimum absolute atomic E-state index is 0.0337. The maximum Gasteiger partial charge on any atom is 0.272 e. The van der Waals surface area contributed by atoms with Crippen molar-refractivity contribution in [2.75, 3.05) is 6.54 Å². The summed E-state index contributed by atoms with van der Waals surface area (Å²) in [5.74, 6) is -2.36. The molecule has 8 atom stereocenters. The van der Waals surface area contributed by atoms with Crippen molar-refractivity contribution in [1.82, 2.24) is 20.2 Å². The second-order valence-electron chi connectivity index (χ2n) is 17.2. The van der Waals surface area contributed by atoms with E-state index in [2.05, 4.69) is 27.4 Å². The number of nitrogens with zero attached hydrogens (tertiary/aromatic N) is 3. The molecule has 5 aliphatic rings. The number of likely N-dealkylation sites (tertiary alicyclic amines) is 1. The van der Waals surface area contributed by atoms with Gasteiger partial charge in [-0.1, -0.05) is 65.5 Å². The van der Waals surface area contributed by atoms with E-state index in [1.165, 1.54) is 18.6 Å². The molecule has 1 aromatic heterocycles. The van der Waals surface area contributed by atoms with E-state index in [-0.39, 0.29) is 71.9 Å². The van der Waals surface area contributed by atoms with Crippen molar-refractivity contribution in [2.24, 2.45) is 52.8 Å². The van der Waals surface area contributed by atoms with Crippen LogP contribution >= 0.6 is 0 Å². The lowest BCUT2D eigenvalue weighted by atomic mass is 9.73. The molecule has 6 rings (SSSR count). The van der Waals surface area contributed by atoms with E-state index in [9.17, 15) is 28.8 Å².